The van der Waals surface area contributed by atoms with Crippen molar-refractivity contribution in [2.24, 2.45) is 23.9 Å². The lowest BCUT2D eigenvalue weighted by molar-refractivity contribution is -0.154. The van der Waals surface area contributed by atoms with Crippen molar-refractivity contribution in [1.82, 2.24) is 24.4 Å². The number of benzene rings is 1. The maximum Gasteiger partial charge on any atom is 0.310 e. The highest BCUT2D eigenvalue weighted by Gasteiger charge is 2.37. The number of carbonyl (C=O) groups excluding carboxylic acids is 2. The second-order valence-electron chi connectivity index (χ2n) is 9.14. The summed E-state index contributed by atoms with van der Waals surface area (Å²) < 4.78 is 8.20. The maximum absolute atomic E-state index is 13.7. The largest absolute Gasteiger partial charge is 0.465 e. The number of amides is 1. The first-order valence-corrected chi connectivity index (χ1v) is 13.3. The van der Waals surface area contributed by atoms with E-state index >= 15 is 0 Å². The molecule has 4 rings (SSSR count). The smallest absolute Gasteiger partial charge is 0.310 e. The van der Waals surface area contributed by atoms with Gasteiger partial charge in [0.2, 0.25) is 11.9 Å². The molecule has 0 saturated carbocycles. The fraction of sp³-hybridized carbons (Fsp3) is 0.462. The Balaban J connectivity index is 1.51. The van der Waals surface area contributed by atoms with Crippen molar-refractivity contribution in [3.8, 4) is 0 Å². The van der Waals surface area contributed by atoms with Crippen LogP contribution >= 0.6 is 15.9 Å². The van der Waals surface area contributed by atoms with E-state index in [2.05, 4.69) is 48.1 Å². The van der Waals surface area contributed by atoms with Crippen molar-refractivity contribution in [3.05, 3.63) is 47.2 Å². The molecule has 0 spiro atoms. The Hall–Kier alpha value is -3.34. The Morgan fingerprint density at radius 1 is 1.22 bits per heavy atom. The summed E-state index contributed by atoms with van der Waals surface area (Å²) in [6.45, 7) is 5.14. The van der Waals surface area contributed by atoms with Gasteiger partial charge >= 0.3 is 5.97 Å². The number of nitrogens with zero attached hydrogens (tertiary/aromatic N) is 6. The van der Waals surface area contributed by atoms with Crippen molar-refractivity contribution >= 4 is 50.5 Å². The zero-order valence-corrected chi connectivity index (χ0v) is 22.9. The van der Waals surface area contributed by atoms with Crippen LogP contribution in [-0.2, 0) is 27.8 Å². The van der Waals surface area contributed by atoms with Crippen LogP contribution in [0.3, 0.4) is 0 Å². The highest BCUT2D eigenvalue weighted by Crippen LogP contribution is 2.30. The third kappa shape index (κ3) is 6.15. The van der Waals surface area contributed by atoms with Gasteiger partial charge in [-0.15, -0.1) is 0 Å². The molecule has 2 aromatic heterocycles. The Morgan fingerprint density at radius 3 is 2.78 bits per heavy atom. The van der Waals surface area contributed by atoms with Gasteiger partial charge in [-0.05, 0) is 34.5 Å². The number of hydrogen-bond acceptors (Lipinski definition) is 8. The molecule has 10 nitrogen and oxygen atoms in total. The van der Waals surface area contributed by atoms with Crippen molar-refractivity contribution < 1.29 is 14.3 Å². The standard InChI is InChI=1S/C26H32BrN7O3/c1-4-5-6-13-37-25(36)19(14-18-15-28-16-33(18)3)17(2)24(35)34-12-11-31-26(34)32-20-7-8-21-23(22(20)27)30-10-9-29-21/h7-10,15-17,19H,4-6,11-14H2,1-3H3,(H,31,32)/t17-,19+/m0/s1. The number of imidazole rings is 1. The maximum atomic E-state index is 13.7. The molecule has 2 atom stereocenters. The van der Waals surface area contributed by atoms with E-state index in [1.54, 1.807) is 36.7 Å². The molecule has 1 N–H and O–H groups in total. The summed E-state index contributed by atoms with van der Waals surface area (Å²) in [5, 5.41) is 3.27. The minimum atomic E-state index is -0.644. The SMILES string of the molecule is CCCCCOC(=O)[C@H](Cc1cncn1C)[C@H](C)C(=O)N1CCN=C1Nc1ccc2nccnc2c1Br. The molecular weight excluding hydrogens is 538 g/mol. The number of aliphatic imine (C=N–C) groups is 1. The number of aromatic nitrogens is 4. The first kappa shape index (κ1) is 26.7. The Kier molecular flexibility index (Phi) is 8.86. The molecule has 1 amide bonds. The lowest BCUT2D eigenvalue weighted by atomic mass is 9.88. The molecule has 3 heterocycles. The number of nitrogens with one attached hydrogen (secondary N) is 1. The summed E-state index contributed by atoms with van der Waals surface area (Å²) in [6, 6.07) is 3.73. The van der Waals surface area contributed by atoms with Crippen LogP contribution in [-0.4, -0.2) is 62.0 Å². The van der Waals surface area contributed by atoms with Gasteiger partial charge in [0.1, 0.15) is 5.52 Å². The first-order valence-electron chi connectivity index (χ1n) is 12.5. The molecule has 0 fully saturated rings. The molecule has 1 aromatic carbocycles. The number of rotatable bonds is 10. The highest BCUT2D eigenvalue weighted by molar-refractivity contribution is 9.10. The number of fused-ring (bicyclic) bond motifs is 1. The molecule has 196 valence electrons. The Morgan fingerprint density at radius 2 is 2.03 bits per heavy atom. The van der Waals surface area contributed by atoms with E-state index in [1.165, 1.54) is 0 Å². The third-order valence-corrected chi connectivity index (χ3v) is 7.37. The normalized spacial score (nSPS) is 14.9. The quantitative estimate of drug-likeness (QED) is 0.290. The van der Waals surface area contributed by atoms with Gasteiger partial charge in [0, 0.05) is 50.2 Å². The van der Waals surface area contributed by atoms with Crippen LogP contribution in [0.25, 0.3) is 11.0 Å². The zero-order valence-electron chi connectivity index (χ0n) is 21.4. The predicted molar refractivity (Wildman–Crippen MR) is 145 cm³/mol. The summed E-state index contributed by atoms with van der Waals surface area (Å²) in [7, 11) is 1.87. The minimum absolute atomic E-state index is 0.182. The van der Waals surface area contributed by atoms with E-state index in [0.717, 1.165) is 40.6 Å². The van der Waals surface area contributed by atoms with E-state index in [0.29, 0.717) is 37.6 Å². The molecular formula is C26H32BrN7O3. The summed E-state index contributed by atoms with van der Waals surface area (Å²) >= 11 is 3.60. The van der Waals surface area contributed by atoms with Crippen LogP contribution < -0.4 is 5.32 Å². The molecule has 11 heteroatoms. The van der Waals surface area contributed by atoms with E-state index in [9.17, 15) is 9.59 Å². The topological polar surface area (TPSA) is 115 Å². The summed E-state index contributed by atoms with van der Waals surface area (Å²) in [4.78, 5) is 45.9. The van der Waals surface area contributed by atoms with Crippen molar-refractivity contribution in [3.63, 3.8) is 0 Å². The molecule has 0 radical (unpaired) electrons. The van der Waals surface area contributed by atoms with Crippen LogP contribution in [0.1, 0.15) is 38.8 Å². The van der Waals surface area contributed by atoms with Crippen molar-refractivity contribution in [1.29, 1.82) is 0 Å². The van der Waals surface area contributed by atoms with Gasteiger partial charge < -0.3 is 14.6 Å². The highest BCUT2D eigenvalue weighted by atomic mass is 79.9. The summed E-state index contributed by atoms with van der Waals surface area (Å²) in [5.74, 6) is -1.37. The van der Waals surface area contributed by atoms with E-state index in [1.807, 2.05) is 23.7 Å². The number of aryl methyl sites for hydroxylation is 1. The second-order valence-corrected chi connectivity index (χ2v) is 9.93. The number of anilines is 1. The Bertz CT molecular complexity index is 1290. The zero-order chi connectivity index (χ0) is 26.4. The predicted octanol–water partition coefficient (Wildman–Crippen LogP) is 3.96. The van der Waals surface area contributed by atoms with Crippen LogP contribution in [0.2, 0.25) is 0 Å². The van der Waals surface area contributed by atoms with Gasteiger partial charge in [0.25, 0.3) is 0 Å². The Labute approximate surface area is 224 Å². The molecule has 1 aliphatic rings. The number of hydrogen-bond donors (Lipinski definition) is 1. The van der Waals surface area contributed by atoms with Gasteiger partial charge in [-0.2, -0.15) is 0 Å². The molecule has 37 heavy (non-hydrogen) atoms. The fourth-order valence-corrected chi connectivity index (χ4v) is 4.85. The monoisotopic (exact) mass is 569 g/mol. The van der Waals surface area contributed by atoms with Gasteiger partial charge in [-0.1, -0.05) is 26.7 Å². The van der Waals surface area contributed by atoms with E-state index in [-0.39, 0.29) is 11.9 Å². The molecule has 3 aromatic rings. The first-order chi connectivity index (χ1) is 17.9. The minimum Gasteiger partial charge on any atom is -0.465 e. The summed E-state index contributed by atoms with van der Waals surface area (Å²) in [6.07, 6.45) is 9.87. The van der Waals surface area contributed by atoms with E-state index < -0.39 is 11.8 Å². The number of esters is 1. The molecule has 0 unspecified atom stereocenters. The molecule has 0 bridgehead atoms. The molecule has 1 aliphatic heterocycles. The lowest BCUT2D eigenvalue weighted by Crippen LogP contribution is -2.45. The number of unbranched alkanes of at least 4 members (excludes halogenated alkanes) is 2. The number of carbonyl (C=O) groups is 2. The number of ether oxygens (including phenoxy) is 1. The van der Waals surface area contributed by atoms with Crippen molar-refractivity contribution in [2.75, 3.05) is 25.0 Å². The van der Waals surface area contributed by atoms with Crippen LogP contribution in [0.4, 0.5) is 5.69 Å². The second kappa shape index (κ2) is 12.3. The van der Waals surface area contributed by atoms with Crippen LogP contribution in [0, 0.1) is 11.8 Å². The fourth-order valence-electron chi connectivity index (χ4n) is 4.31. The van der Waals surface area contributed by atoms with Gasteiger partial charge in [0.15, 0.2) is 0 Å². The molecule has 0 aliphatic carbocycles. The molecule has 0 saturated heterocycles. The van der Waals surface area contributed by atoms with Gasteiger partial charge in [-0.3, -0.25) is 29.4 Å². The van der Waals surface area contributed by atoms with Crippen molar-refractivity contribution in [2.45, 2.75) is 39.5 Å². The van der Waals surface area contributed by atoms with Gasteiger partial charge in [-0.25, -0.2) is 4.98 Å². The van der Waals surface area contributed by atoms with Gasteiger partial charge in [0.05, 0.1) is 41.1 Å². The van der Waals surface area contributed by atoms with Crippen LogP contribution in [0.15, 0.2) is 46.5 Å². The average molecular weight is 570 g/mol. The van der Waals surface area contributed by atoms with Crippen LogP contribution in [0.5, 0.6) is 0 Å². The van der Waals surface area contributed by atoms with E-state index in [4.69, 9.17) is 4.74 Å². The third-order valence-electron chi connectivity index (χ3n) is 6.57. The lowest BCUT2D eigenvalue weighted by Gasteiger charge is -2.27. The number of halogens is 1. The average Bonchev–Trinajstić information content (AvgIpc) is 3.54. The summed E-state index contributed by atoms with van der Waals surface area (Å²) in [5.41, 5.74) is 3.05. The number of guanidine groups is 1.